The van der Waals surface area contributed by atoms with Gasteiger partial charge in [0.2, 0.25) is 0 Å². The summed E-state index contributed by atoms with van der Waals surface area (Å²) in [6.45, 7) is 2.56. The van der Waals surface area contributed by atoms with Crippen LogP contribution in [-0.4, -0.2) is 9.97 Å². The largest absolute Gasteiger partial charge is 0.366 e. The van der Waals surface area contributed by atoms with Crippen LogP contribution in [0.3, 0.4) is 0 Å². The standard InChI is InChI=1S/C19H17N5/c1-14-22-18(21-13-16-5-3-2-4-6-16)11-19(23-14)24-17-9-7-15(12-20)8-10-17/h2-11H,13H2,1H3,(H2,21,22,23,24). The molecule has 0 spiro atoms. The third kappa shape index (κ3) is 4.08. The van der Waals surface area contributed by atoms with Crippen molar-refractivity contribution < 1.29 is 0 Å². The molecule has 0 saturated carbocycles. The zero-order chi connectivity index (χ0) is 16.8. The van der Waals surface area contributed by atoms with Crippen LogP contribution in [0, 0.1) is 18.3 Å². The Morgan fingerprint density at radius 3 is 2.38 bits per heavy atom. The maximum atomic E-state index is 8.84. The highest BCUT2D eigenvalue weighted by Crippen LogP contribution is 2.18. The molecule has 0 atom stereocenters. The normalized spacial score (nSPS) is 10.0. The van der Waals surface area contributed by atoms with Crippen LogP contribution < -0.4 is 10.6 Å². The Balaban J connectivity index is 1.72. The summed E-state index contributed by atoms with van der Waals surface area (Å²) in [6.07, 6.45) is 0. The second-order valence-electron chi connectivity index (χ2n) is 5.34. The molecule has 1 aromatic heterocycles. The molecule has 0 aliphatic carbocycles. The van der Waals surface area contributed by atoms with Gasteiger partial charge in [0.1, 0.15) is 17.5 Å². The average Bonchev–Trinajstić information content (AvgIpc) is 2.61. The van der Waals surface area contributed by atoms with E-state index in [0.717, 1.165) is 11.5 Å². The smallest absolute Gasteiger partial charge is 0.136 e. The number of aromatic nitrogens is 2. The van der Waals surface area contributed by atoms with E-state index in [4.69, 9.17) is 5.26 Å². The quantitative estimate of drug-likeness (QED) is 0.744. The number of anilines is 3. The van der Waals surface area contributed by atoms with Crippen LogP contribution in [0.5, 0.6) is 0 Å². The highest BCUT2D eigenvalue weighted by Gasteiger charge is 2.03. The topological polar surface area (TPSA) is 73.6 Å². The molecule has 5 heteroatoms. The zero-order valence-electron chi connectivity index (χ0n) is 13.3. The van der Waals surface area contributed by atoms with Gasteiger partial charge in [0.25, 0.3) is 0 Å². The molecule has 0 amide bonds. The van der Waals surface area contributed by atoms with Crippen molar-refractivity contribution in [2.75, 3.05) is 10.6 Å². The SMILES string of the molecule is Cc1nc(NCc2ccccc2)cc(Nc2ccc(C#N)cc2)n1. The number of nitrogens with one attached hydrogen (secondary N) is 2. The van der Waals surface area contributed by atoms with Gasteiger partial charge < -0.3 is 10.6 Å². The molecule has 0 fully saturated rings. The first-order valence-electron chi connectivity index (χ1n) is 7.63. The Bertz CT molecular complexity index is 851. The average molecular weight is 315 g/mol. The van der Waals surface area contributed by atoms with Gasteiger partial charge in [-0.15, -0.1) is 0 Å². The van der Waals surface area contributed by atoms with E-state index in [9.17, 15) is 0 Å². The van der Waals surface area contributed by atoms with Gasteiger partial charge in [-0.05, 0) is 36.8 Å². The first kappa shape index (κ1) is 15.5. The van der Waals surface area contributed by atoms with E-state index in [1.54, 1.807) is 12.1 Å². The maximum Gasteiger partial charge on any atom is 0.136 e. The molecule has 5 nitrogen and oxygen atoms in total. The molecule has 3 aromatic rings. The van der Waals surface area contributed by atoms with Crippen LogP contribution in [0.15, 0.2) is 60.7 Å². The highest BCUT2D eigenvalue weighted by atomic mass is 15.1. The van der Waals surface area contributed by atoms with E-state index >= 15 is 0 Å². The lowest BCUT2D eigenvalue weighted by Crippen LogP contribution is -2.05. The Labute approximate surface area is 141 Å². The van der Waals surface area contributed by atoms with Crippen LogP contribution >= 0.6 is 0 Å². The van der Waals surface area contributed by atoms with Crippen molar-refractivity contribution >= 4 is 17.3 Å². The molecule has 24 heavy (non-hydrogen) atoms. The van der Waals surface area contributed by atoms with Crippen molar-refractivity contribution in [2.45, 2.75) is 13.5 Å². The van der Waals surface area contributed by atoms with Crippen molar-refractivity contribution in [1.82, 2.24) is 9.97 Å². The van der Waals surface area contributed by atoms with Crippen LogP contribution in [0.4, 0.5) is 17.3 Å². The predicted octanol–water partition coefficient (Wildman–Crippen LogP) is 4.01. The fourth-order valence-electron chi connectivity index (χ4n) is 2.29. The summed E-state index contributed by atoms with van der Waals surface area (Å²) in [4.78, 5) is 8.81. The van der Waals surface area contributed by atoms with Gasteiger partial charge in [-0.2, -0.15) is 5.26 Å². The Kier molecular flexibility index (Phi) is 4.68. The van der Waals surface area contributed by atoms with Crippen molar-refractivity contribution in [2.24, 2.45) is 0 Å². The van der Waals surface area contributed by atoms with E-state index in [1.807, 2.05) is 43.3 Å². The van der Waals surface area contributed by atoms with E-state index in [2.05, 4.69) is 38.8 Å². The van der Waals surface area contributed by atoms with E-state index in [1.165, 1.54) is 5.56 Å². The van der Waals surface area contributed by atoms with Crippen molar-refractivity contribution in [3.8, 4) is 6.07 Å². The molecule has 2 N–H and O–H groups in total. The third-order valence-corrected chi connectivity index (χ3v) is 3.44. The van der Waals surface area contributed by atoms with E-state index in [0.29, 0.717) is 23.8 Å². The summed E-state index contributed by atoms with van der Waals surface area (Å²) >= 11 is 0. The first-order valence-corrected chi connectivity index (χ1v) is 7.63. The minimum Gasteiger partial charge on any atom is -0.366 e. The molecule has 3 rings (SSSR count). The van der Waals surface area contributed by atoms with Crippen molar-refractivity contribution in [1.29, 1.82) is 5.26 Å². The van der Waals surface area contributed by atoms with Gasteiger partial charge in [0.15, 0.2) is 0 Å². The van der Waals surface area contributed by atoms with Crippen molar-refractivity contribution in [3.63, 3.8) is 0 Å². The van der Waals surface area contributed by atoms with E-state index < -0.39 is 0 Å². The lowest BCUT2D eigenvalue weighted by atomic mass is 10.2. The summed E-state index contributed by atoms with van der Waals surface area (Å²) in [5, 5.41) is 15.4. The lowest BCUT2D eigenvalue weighted by molar-refractivity contribution is 1.03. The highest BCUT2D eigenvalue weighted by molar-refractivity contribution is 5.60. The van der Waals surface area contributed by atoms with Gasteiger partial charge in [-0.25, -0.2) is 9.97 Å². The molecule has 0 bridgehead atoms. The van der Waals surface area contributed by atoms with Gasteiger partial charge >= 0.3 is 0 Å². The monoisotopic (exact) mass is 315 g/mol. The molecule has 0 unspecified atom stereocenters. The fraction of sp³-hybridized carbons (Fsp3) is 0.105. The van der Waals surface area contributed by atoms with Gasteiger partial charge in [0, 0.05) is 18.3 Å². The van der Waals surface area contributed by atoms with Crippen LogP contribution in [-0.2, 0) is 6.54 Å². The van der Waals surface area contributed by atoms with Gasteiger partial charge in [0.05, 0.1) is 11.6 Å². The summed E-state index contributed by atoms with van der Waals surface area (Å²) in [5.74, 6) is 2.16. The molecule has 0 aliphatic heterocycles. The second kappa shape index (κ2) is 7.25. The minimum atomic E-state index is 0.629. The number of hydrogen-bond donors (Lipinski definition) is 2. The Morgan fingerprint density at radius 1 is 0.958 bits per heavy atom. The molecule has 0 radical (unpaired) electrons. The lowest BCUT2D eigenvalue weighted by Gasteiger charge is -2.10. The molecule has 2 aromatic carbocycles. The minimum absolute atomic E-state index is 0.629. The summed E-state index contributed by atoms with van der Waals surface area (Å²) in [6, 6.07) is 21.4. The summed E-state index contributed by atoms with van der Waals surface area (Å²) < 4.78 is 0. The molecule has 118 valence electrons. The van der Waals surface area contributed by atoms with Gasteiger partial charge in [-0.1, -0.05) is 30.3 Å². The number of nitrogens with zero attached hydrogens (tertiary/aromatic N) is 3. The van der Waals surface area contributed by atoms with Crippen LogP contribution in [0.1, 0.15) is 17.0 Å². The predicted molar refractivity (Wildman–Crippen MR) is 95.0 cm³/mol. The zero-order valence-corrected chi connectivity index (χ0v) is 13.3. The van der Waals surface area contributed by atoms with E-state index in [-0.39, 0.29) is 0 Å². The number of aryl methyl sites for hydroxylation is 1. The third-order valence-electron chi connectivity index (χ3n) is 3.44. The van der Waals surface area contributed by atoms with Gasteiger partial charge in [-0.3, -0.25) is 0 Å². The molecular formula is C19H17N5. The maximum absolute atomic E-state index is 8.84. The van der Waals surface area contributed by atoms with Crippen LogP contribution in [0.25, 0.3) is 0 Å². The Hall–Kier alpha value is -3.39. The van der Waals surface area contributed by atoms with Crippen LogP contribution in [0.2, 0.25) is 0 Å². The summed E-state index contributed by atoms with van der Waals surface area (Å²) in [5.41, 5.74) is 2.70. The molecular weight excluding hydrogens is 298 g/mol. The number of nitriles is 1. The van der Waals surface area contributed by atoms with Crippen molar-refractivity contribution in [3.05, 3.63) is 77.6 Å². The second-order valence-corrected chi connectivity index (χ2v) is 5.34. The molecule has 0 aliphatic rings. The summed E-state index contributed by atoms with van der Waals surface area (Å²) in [7, 11) is 0. The fourth-order valence-corrected chi connectivity index (χ4v) is 2.29. The molecule has 0 saturated heterocycles. The Morgan fingerprint density at radius 2 is 1.67 bits per heavy atom. The number of benzene rings is 2. The first-order chi connectivity index (χ1) is 11.7. The number of hydrogen-bond acceptors (Lipinski definition) is 5. The molecule has 1 heterocycles. The number of rotatable bonds is 5.